The van der Waals surface area contributed by atoms with E-state index in [0.717, 1.165) is 36.2 Å². The van der Waals surface area contributed by atoms with Crippen LogP contribution in [0.15, 0.2) is 30.5 Å². The van der Waals surface area contributed by atoms with E-state index in [1.54, 1.807) is 11.1 Å². The molecule has 2 amide bonds. The average molecular weight is 422 g/mol. The first-order valence-corrected chi connectivity index (χ1v) is 9.99. The summed E-state index contributed by atoms with van der Waals surface area (Å²) in [6.45, 7) is 3.35. The number of rotatable bonds is 6. The molecule has 6 nitrogen and oxygen atoms in total. The summed E-state index contributed by atoms with van der Waals surface area (Å²) in [4.78, 5) is 26.5. The van der Waals surface area contributed by atoms with Crippen molar-refractivity contribution in [2.75, 3.05) is 19.6 Å². The molecule has 30 heavy (non-hydrogen) atoms. The molecular formula is C21H25F3N4O2. The fourth-order valence-electron chi connectivity index (χ4n) is 3.59. The standard InChI is InChI=1S/C21H25F3N4O2/c1-14-17(13-26-27-14)3-2-10-25-19(29)15-8-11-28(12-9-15)20(30)16-4-6-18(7-5-16)21(22,23)24/h4-7,13,15H,2-3,8-12H2,1H3,(H,25,29)(H,26,27). The second kappa shape index (κ2) is 9.32. The molecule has 0 bridgehead atoms. The van der Waals surface area contributed by atoms with Crippen molar-refractivity contribution < 1.29 is 22.8 Å². The van der Waals surface area contributed by atoms with Crippen LogP contribution in [-0.4, -0.2) is 46.5 Å². The van der Waals surface area contributed by atoms with Crippen LogP contribution in [0.25, 0.3) is 0 Å². The van der Waals surface area contributed by atoms with Gasteiger partial charge in [0.1, 0.15) is 0 Å². The smallest absolute Gasteiger partial charge is 0.356 e. The first-order chi connectivity index (χ1) is 14.3. The molecule has 162 valence electrons. The molecule has 1 aliphatic heterocycles. The van der Waals surface area contributed by atoms with E-state index in [4.69, 9.17) is 0 Å². The third-order valence-electron chi connectivity index (χ3n) is 5.47. The molecule has 0 radical (unpaired) electrons. The van der Waals surface area contributed by atoms with E-state index in [1.807, 2.05) is 6.92 Å². The molecule has 1 saturated heterocycles. The lowest BCUT2D eigenvalue weighted by atomic mass is 9.95. The number of hydrogen-bond donors (Lipinski definition) is 2. The number of carbonyl (C=O) groups excluding carboxylic acids is 2. The van der Waals surface area contributed by atoms with E-state index in [9.17, 15) is 22.8 Å². The number of likely N-dealkylation sites (tertiary alicyclic amines) is 1. The molecule has 1 aromatic heterocycles. The van der Waals surface area contributed by atoms with Crippen LogP contribution in [-0.2, 0) is 17.4 Å². The summed E-state index contributed by atoms with van der Waals surface area (Å²) >= 11 is 0. The van der Waals surface area contributed by atoms with Crippen molar-refractivity contribution in [2.45, 2.75) is 38.8 Å². The summed E-state index contributed by atoms with van der Waals surface area (Å²) in [5, 5.41) is 9.81. The quantitative estimate of drug-likeness (QED) is 0.701. The number of aryl methyl sites for hydroxylation is 2. The number of H-pyrrole nitrogens is 1. The van der Waals surface area contributed by atoms with Crippen molar-refractivity contribution >= 4 is 11.8 Å². The minimum absolute atomic E-state index is 0.0134. The van der Waals surface area contributed by atoms with Gasteiger partial charge in [0.15, 0.2) is 0 Å². The van der Waals surface area contributed by atoms with Crippen LogP contribution in [0.2, 0.25) is 0 Å². The van der Waals surface area contributed by atoms with Gasteiger partial charge in [-0.2, -0.15) is 18.3 Å². The zero-order valence-corrected chi connectivity index (χ0v) is 16.8. The average Bonchev–Trinajstić information content (AvgIpc) is 3.15. The molecular weight excluding hydrogens is 397 g/mol. The van der Waals surface area contributed by atoms with E-state index < -0.39 is 11.7 Å². The van der Waals surface area contributed by atoms with E-state index in [-0.39, 0.29) is 23.3 Å². The molecule has 1 fully saturated rings. The summed E-state index contributed by atoms with van der Waals surface area (Å²) in [7, 11) is 0. The van der Waals surface area contributed by atoms with Gasteiger partial charge < -0.3 is 10.2 Å². The third kappa shape index (κ3) is 5.40. The highest BCUT2D eigenvalue weighted by Gasteiger charge is 2.31. The van der Waals surface area contributed by atoms with Crippen LogP contribution in [0.3, 0.4) is 0 Å². The highest BCUT2D eigenvalue weighted by atomic mass is 19.4. The molecule has 9 heteroatoms. The Balaban J connectivity index is 1.42. The first kappa shape index (κ1) is 21.9. The van der Waals surface area contributed by atoms with Crippen molar-refractivity contribution in [2.24, 2.45) is 5.92 Å². The number of amides is 2. The Kier molecular flexibility index (Phi) is 6.79. The highest BCUT2D eigenvalue weighted by Crippen LogP contribution is 2.29. The molecule has 0 aliphatic carbocycles. The maximum Gasteiger partial charge on any atom is 0.416 e. The molecule has 0 atom stereocenters. The molecule has 2 N–H and O–H groups in total. The second-order valence-electron chi connectivity index (χ2n) is 7.56. The molecule has 1 aromatic carbocycles. The summed E-state index contributed by atoms with van der Waals surface area (Å²) in [6.07, 6.45) is 0.101. The Morgan fingerprint density at radius 1 is 1.20 bits per heavy atom. The van der Waals surface area contributed by atoms with Crippen LogP contribution in [0.1, 0.15) is 46.4 Å². The Morgan fingerprint density at radius 2 is 1.87 bits per heavy atom. The van der Waals surface area contributed by atoms with Crippen LogP contribution < -0.4 is 5.32 Å². The number of benzene rings is 1. The zero-order chi connectivity index (χ0) is 21.7. The maximum absolute atomic E-state index is 12.7. The van der Waals surface area contributed by atoms with Gasteiger partial charge in [0.05, 0.1) is 11.8 Å². The van der Waals surface area contributed by atoms with Crippen molar-refractivity contribution in [3.8, 4) is 0 Å². The molecule has 0 unspecified atom stereocenters. The Bertz CT molecular complexity index is 869. The number of halogens is 3. The zero-order valence-electron chi connectivity index (χ0n) is 16.8. The fraction of sp³-hybridized carbons (Fsp3) is 0.476. The number of aromatic amines is 1. The van der Waals surface area contributed by atoms with Crippen LogP contribution in [0, 0.1) is 12.8 Å². The number of carbonyl (C=O) groups is 2. The lowest BCUT2D eigenvalue weighted by Gasteiger charge is -2.31. The third-order valence-corrected chi connectivity index (χ3v) is 5.47. The summed E-state index contributed by atoms with van der Waals surface area (Å²) in [5.41, 5.74) is 1.61. The van der Waals surface area contributed by atoms with Crippen molar-refractivity contribution in [1.82, 2.24) is 20.4 Å². The minimum atomic E-state index is -4.43. The predicted molar refractivity (Wildman–Crippen MR) is 105 cm³/mol. The molecule has 2 heterocycles. The van der Waals surface area contributed by atoms with E-state index >= 15 is 0 Å². The number of nitrogens with one attached hydrogen (secondary N) is 2. The van der Waals surface area contributed by atoms with E-state index in [2.05, 4.69) is 15.5 Å². The summed E-state index contributed by atoms with van der Waals surface area (Å²) in [6, 6.07) is 4.23. The minimum Gasteiger partial charge on any atom is -0.356 e. The maximum atomic E-state index is 12.7. The van der Waals surface area contributed by atoms with Crippen molar-refractivity contribution in [3.63, 3.8) is 0 Å². The van der Waals surface area contributed by atoms with Gasteiger partial charge in [-0.15, -0.1) is 0 Å². The van der Waals surface area contributed by atoms with Crippen LogP contribution >= 0.6 is 0 Å². The van der Waals surface area contributed by atoms with Gasteiger partial charge in [0, 0.05) is 36.8 Å². The van der Waals surface area contributed by atoms with Crippen LogP contribution in [0.5, 0.6) is 0 Å². The number of alkyl halides is 3. The van der Waals surface area contributed by atoms with Gasteiger partial charge >= 0.3 is 6.18 Å². The number of piperidine rings is 1. The van der Waals surface area contributed by atoms with Gasteiger partial charge in [-0.25, -0.2) is 0 Å². The van der Waals surface area contributed by atoms with Crippen molar-refractivity contribution in [1.29, 1.82) is 0 Å². The second-order valence-corrected chi connectivity index (χ2v) is 7.56. The monoisotopic (exact) mass is 422 g/mol. The fourth-order valence-corrected chi connectivity index (χ4v) is 3.59. The summed E-state index contributed by atoms with van der Waals surface area (Å²) < 4.78 is 38.0. The van der Waals surface area contributed by atoms with Crippen LogP contribution in [0.4, 0.5) is 13.2 Å². The molecule has 3 rings (SSSR count). The molecule has 1 aliphatic rings. The summed E-state index contributed by atoms with van der Waals surface area (Å²) in [5.74, 6) is -0.476. The largest absolute Gasteiger partial charge is 0.416 e. The Labute approximate surface area is 172 Å². The Morgan fingerprint density at radius 3 is 2.43 bits per heavy atom. The Hall–Kier alpha value is -2.84. The van der Waals surface area contributed by atoms with Gasteiger partial charge in [0.25, 0.3) is 5.91 Å². The number of hydrogen-bond acceptors (Lipinski definition) is 3. The SMILES string of the molecule is Cc1[nH]ncc1CCCNC(=O)C1CCN(C(=O)c2ccc(C(F)(F)F)cc2)CC1. The van der Waals surface area contributed by atoms with E-state index in [0.29, 0.717) is 32.5 Å². The molecule has 2 aromatic rings. The molecule has 0 saturated carbocycles. The molecule has 0 spiro atoms. The normalized spacial score (nSPS) is 15.3. The van der Waals surface area contributed by atoms with Gasteiger partial charge in [0.2, 0.25) is 5.91 Å². The lowest BCUT2D eigenvalue weighted by Crippen LogP contribution is -2.43. The lowest BCUT2D eigenvalue weighted by molar-refractivity contribution is -0.137. The first-order valence-electron chi connectivity index (χ1n) is 9.99. The van der Waals surface area contributed by atoms with E-state index in [1.165, 1.54) is 12.1 Å². The number of nitrogens with zero attached hydrogens (tertiary/aromatic N) is 2. The highest BCUT2D eigenvalue weighted by molar-refractivity contribution is 5.94. The number of aromatic nitrogens is 2. The topological polar surface area (TPSA) is 78.1 Å². The van der Waals surface area contributed by atoms with Gasteiger partial charge in [-0.3, -0.25) is 14.7 Å². The predicted octanol–water partition coefficient (Wildman–Crippen LogP) is 3.34. The van der Waals surface area contributed by atoms with Crippen molar-refractivity contribution in [3.05, 3.63) is 52.8 Å². The van der Waals surface area contributed by atoms with Gasteiger partial charge in [-0.05, 0) is 62.4 Å². The van der Waals surface area contributed by atoms with Gasteiger partial charge in [-0.1, -0.05) is 0 Å².